The van der Waals surface area contributed by atoms with Gasteiger partial charge in [-0.3, -0.25) is 4.79 Å². The zero-order valence-electron chi connectivity index (χ0n) is 12.4. The van der Waals surface area contributed by atoms with Crippen molar-refractivity contribution < 1.29 is 9.53 Å². The first-order valence-corrected chi connectivity index (χ1v) is 6.58. The minimum atomic E-state index is -0.199. The molecule has 0 fully saturated rings. The number of nitrogens with two attached hydrogens (primary N) is 1. The molecule has 0 saturated carbocycles. The van der Waals surface area contributed by atoms with Crippen molar-refractivity contribution in [1.82, 2.24) is 15.0 Å². The number of methoxy groups -OCH3 is 1. The molecule has 2 aromatic rings. The molecule has 0 atom stereocenters. The summed E-state index contributed by atoms with van der Waals surface area (Å²) in [4.78, 5) is 12.1. The largest absolute Gasteiger partial charge is 0.495 e. The van der Waals surface area contributed by atoms with Gasteiger partial charge in [-0.1, -0.05) is 11.3 Å². The molecule has 112 valence electrons. The number of nitrogens with zero attached hydrogens (tertiary/aromatic N) is 3. The Bertz CT molecular complexity index is 651. The maximum atomic E-state index is 12.1. The Labute approximate surface area is 123 Å². The van der Waals surface area contributed by atoms with Crippen LogP contribution in [0.2, 0.25) is 0 Å². The second-order valence-electron chi connectivity index (χ2n) is 4.74. The summed E-state index contributed by atoms with van der Waals surface area (Å²) in [6.45, 7) is 4.17. The Morgan fingerprint density at radius 2 is 2.19 bits per heavy atom. The van der Waals surface area contributed by atoms with Crippen molar-refractivity contribution in [2.24, 2.45) is 5.73 Å². The maximum absolute atomic E-state index is 12.1. The monoisotopic (exact) mass is 289 g/mol. The van der Waals surface area contributed by atoms with Gasteiger partial charge in [-0.05, 0) is 31.5 Å². The number of carbonyl (C=O) groups is 1. The lowest BCUT2D eigenvalue weighted by Gasteiger charge is -2.11. The van der Waals surface area contributed by atoms with Crippen molar-refractivity contribution in [1.29, 1.82) is 0 Å². The second-order valence-corrected chi connectivity index (χ2v) is 4.74. The zero-order valence-corrected chi connectivity index (χ0v) is 12.4. The second kappa shape index (κ2) is 6.36. The number of amides is 1. The molecule has 0 saturated heterocycles. The normalized spacial score (nSPS) is 10.5. The van der Waals surface area contributed by atoms with Crippen LogP contribution in [0, 0.1) is 13.8 Å². The summed E-state index contributed by atoms with van der Waals surface area (Å²) in [7, 11) is 1.56. The Morgan fingerprint density at radius 1 is 1.43 bits per heavy atom. The number of hydrogen-bond donors (Lipinski definition) is 2. The highest BCUT2D eigenvalue weighted by Gasteiger charge is 2.12. The van der Waals surface area contributed by atoms with Gasteiger partial charge < -0.3 is 15.8 Å². The van der Waals surface area contributed by atoms with Crippen LogP contribution in [0.5, 0.6) is 5.75 Å². The number of nitrogens with one attached hydrogen (secondary N) is 1. The molecular weight excluding hydrogens is 270 g/mol. The summed E-state index contributed by atoms with van der Waals surface area (Å²) in [5.41, 5.74) is 8.70. The standard InChI is InChI=1S/C14H19N5O2/c1-9-4-5-13(21-3)11(6-9)16-14(20)8-19-10(2)12(7-15)17-18-19/h4-6H,7-8,15H2,1-3H3,(H,16,20). The predicted octanol–water partition coefficient (Wildman–Crippen LogP) is 1.00. The van der Waals surface area contributed by atoms with E-state index in [1.54, 1.807) is 7.11 Å². The van der Waals surface area contributed by atoms with E-state index in [0.717, 1.165) is 11.3 Å². The number of anilines is 1. The molecule has 3 N–H and O–H groups in total. The fourth-order valence-corrected chi connectivity index (χ4v) is 1.98. The van der Waals surface area contributed by atoms with Gasteiger partial charge in [-0.15, -0.1) is 5.10 Å². The van der Waals surface area contributed by atoms with Crippen LogP contribution in [0.3, 0.4) is 0 Å². The summed E-state index contributed by atoms with van der Waals surface area (Å²) in [6, 6.07) is 5.60. The highest BCUT2D eigenvalue weighted by atomic mass is 16.5. The Morgan fingerprint density at radius 3 is 2.81 bits per heavy atom. The smallest absolute Gasteiger partial charge is 0.246 e. The molecule has 0 aliphatic heterocycles. The molecular formula is C14H19N5O2. The molecule has 1 heterocycles. The third-order valence-corrected chi connectivity index (χ3v) is 3.19. The van der Waals surface area contributed by atoms with Crippen molar-refractivity contribution >= 4 is 11.6 Å². The quantitative estimate of drug-likeness (QED) is 0.856. The third kappa shape index (κ3) is 3.38. The van der Waals surface area contributed by atoms with Crippen LogP contribution in [-0.4, -0.2) is 28.0 Å². The number of ether oxygens (including phenoxy) is 1. The fraction of sp³-hybridized carbons (Fsp3) is 0.357. The van der Waals surface area contributed by atoms with Crippen LogP contribution < -0.4 is 15.8 Å². The molecule has 0 aliphatic carbocycles. The lowest BCUT2D eigenvalue weighted by atomic mass is 10.2. The van der Waals surface area contributed by atoms with Crippen LogP contribution >= 0.6 is 0 Å². The Balaban J connectivity index is 2.11. The average molecular weight is 289 g/mol. The van der Waals surface area contributed by atoms with Crippen molar-refractivity contribution in [3.8, 4) is 5.75 Å². The number of carbonyl (C=O) groups excluding carboxylic acids is 1. The van der Waals surface area contributed by atoms with Crippen LogP contribution in [0.4, 0.5) is 5.69 Å². The van der Waals surface area contributed by atoms with Gasteiger partial charge in [0.15, 0.2) is 0 Å². The van der Waals surface area contributed by atoms with Gasteiger partial charge in [-0.25, -0.2) is 4.68 Å². The first kappa shape index (κ1) is 15.0. The highest BCUT2D eigenvalue weighted by molar-refractivity contribution is 5.92. The van der Waals surface area contributed by atoms with Crippen molar-refractivity contribution in [2.45, 2.75) is 26.9 Å². The number of aromatic nitrogens is 3. The molecule has 0 aliphatic rings. The van der Waals surface area contributed by atoms with Gasteiger partial charge in [0.05, 0.1) is 24.2 Å². The molecule has 1 aromatic heterocycles. The van der Waals surface area contributed by atoms with Crippen molar-refractivity contribution in [3.63, 3.8) is 0 Å². The molecule has 0 spiro atoms. The third-order valence-electron chi connectivity index (χ3n) is 3.19. The number of hydrogen-bond acceptors (Lipinski definition) is 5. The van der Waals surface area contributed by atoms with Crippen molar-refractivity contribution in [2.75, 3.05) is 12.4 Å². The number of benzene rings is 1. The van der Waals surface area contributed by atoms with Crippen molar-refractivity contribution in [3.05, 3.63) is 35.2 Å². The number of rotatable bonds is 5. The van der Waals surface area contributed by atoms with E-state index < -0.39 is 0 Å². The predicted molar refractivity (Wildman–Crippen MR) is 79.0 cm³/mol. The van der Waals surface area contributed by atoms with Crippen LogP contribution in [0.1, 0.15) is 17.0 Å². The van der Waals surface area contributed by atoms with Crippen LogP contribution in [-0.2, 0) is 17.9 Å². The van der Waals surface area contributed by atoms with E-state index in [1.807, 2.05) is 32.0 Å². The first-order chi connectivity index (χ1) is 10.0. The van der Waals surface area contributed by atoms with Gasteiger partial charge in [0.1, 0.15) is 12.3 Å². The Hall–Kier alpha value is -2.41. The summed E-state index contributed by atoms with van der Waals surface area (Å²) in [5, 5.41) is 10.7. The molecule has 2 rings (SSSR count). The summed E-state index contributed by atoms with van der Waals surface area (Å²) in [5.74, 6) is 0.419. The van der Waals surface area contributed by atoms with Gasteiger partial charge in [0.2, 0.25) is 5.91 Å². The van der Waals surface area contributed by atoms with E-state index in [0.29, 0.717) is 23.7 Å². The van der Waals surface area contributed by atoms with Crippen LogP contribution in [0.25, 0.3) is 0 Å². The van der Waals surface area contributed by atoms with E-state index in [2.05, 4.69) is 15.6 Å². The fourth-order valence-electron chi connectivity index (χ4n) is 1.98. The minimum absolute atomic E-state index is 0.0793. The molecule has 0 unspecified atom stereocenters. The summed E-state index contributed by atoms with van der Waals surface area (Å²) < 4.78 is 6.76. The molecule has 0 radical (unpaired) electrons. The van der Waals surface area contributed by atoms with Gasteiger partial charge in [0.25, 0.3) is 0 Å². The highest BCUT2D eigenvalue weighted by Crippen LogP contribution is 2.25. The van der Waals surface area contributed by atoms with E-state index in [4.69, 9.17) is 10.5 Å². The van der Waals surface area contributed by atoms with E-state index in [-0.39, 0.29) is 12.5 Å². The molecule has 7 heteroatoms. The zero-order chi connectivity index (χ0) is 15.4. The van der Waals surface area contributed by atoms with Gasteiger partial charge >= 0.3 is 0 Å². The first-order valence-electron chi connectivity index (χ1n) is 6.58. The van der Waals surface area contributed by atoms with E-state index >= 15 is 0 Å². The topological polar surface area (TPSA) is 95.1 Å². The SMILES string of the molecule is COc1ccc(C)cc1NC(=O)Cn1nnc(CN)c1C. The minimum Gasteiger partial charge on any atom is -0.495 e. The lowest BCUT2D eigenvalue weighted by molar-refractivity contribution is -0.117. The molecule has 1 aromatic carbocycles. The van der Waals surface area contributed by atoms with E-state index in [9.17, 15) is 4.79 Å². The summed E-state index contributed by atoms with van der Waals surface area (Å²) in [6.07, 6.45) is 0. The number of aryl methyl sites for hydroxylation is 1. The molecule has 7 nitrogen and oxygen atoms in total. The lowest BCUT2D eigenvalue weighted by Crippen LogP contribution is -2.21. The average Bonchev–Trinajstić information content (AvgIpc) is 2.79. The maximum Gasteiger partial charge on any atom is 0.246 e. The molecule has 21 heavy (non-hydrogen) atoms. The molecule has 0 bridgehead atoms. The summed E-state index contributed by atoms with van der Waals surface area (Å²) >= 11 is 0. The Kier molecular flexibility index (Phi) is 4.54. The van der Waals surface area contributed by atoms with Gasteiger partial charge in [-0.2, -0.15) is 0 Å². The van der Waals surface area contributed by atoms with Crippen LogP contribution in [0.15, 0.2) is 18.2 Å². The van der Waals surface area contributed by atoms with E-state index in [1.165, 1.54) is 4.68 Å². The van der Waals surface area contributed by atoms with Gasteiger partial charge in [0, 0.05) is 6.54 Å². The molecule has 1 amide bonds.